The first kappa shape index (κ1) is 22.0. The van der Waals surface area contributed by atoms with Crippen molar-refractivity contribution in [2.45, 2.75) is 18.9 Å². The highest BCUT2D eigenvalue weighted by atomic mass is 16.2. The van der Waals surface area contributed by atoms with Gasteiger partial charge in [0.2, 0.25) is 0 Å². The number of benzene rings is 3. The topological polar surface area (TPSA) is 71.1 Å². The minimum absolute atomic E-state index is 0.132. The van der Waals surface area contributed by atoms with Crippen LogP contribution in [0.5, 0.6) is 0 Å². The second-order valence-electron chi connectivity index (χ2n) is 7.74. The molecule has 0 aliphatic heterocycles. The molecule has 0 aliphatic rings. The summed E-state index contributed by atoms with van der Waals surface area (Å²) in [6.45, 7) is 0. The van der Waals surface area contributed by atoms with E-state index in [1.165, 1.54) is 11.8 Å². The van der Waals surface area contributed by atoms with E-state index in [0.717, 1.165) is 18.4 Å². The Morgan fingerprint density at radius 1 is 0.758 bits per heavy atom. The molecule has 2 amide bonds. The fourth-order valence-corrected chi connectivity index (χ4v) is 3.64. The molecule has 33 heavy (non-hydrogen) atoms. The molecule has 0 saturated carbocycles. The second kappa shape index (κ2) is 10.9. The summed E-state index contributed by atoms with van der Waals surface area (Å²) in [7, 11) is 0. The van der Waals surface area contributed by atoms with Gasteiger partial charge in [0, 0.05) is 23.6 Å². The molecular weight excluding hydrogens is 410 g/mol. The van der Waals surface area contributed by atoms with E-state index in [1.807, 2.05) is 48.5 Å². The van der Waals surface area contributed by atoms with Crippen molar-refractivity contribution in [3.05, 3.63) is 132 Å². The minimum Gasteiger partial charge on any atom is -0.345 e. The number of carbonyl (C=O) groups excluding carboxylic acids is 2. The van der Waals surface area contributed by atoms with Crippen LogP contribution < -0.4 is 10.6 Å². The van der Waals surface area contributed by atoms with E-state index in [2.05, 4.69) is 27.8 Å². The Kier molecular flexibility index (Phi) is 7.23. The van der Waals surface area contributed by atoms with Crippen LogP contribution in [0.1, 0.15) is 44.3 Å². The van der Waals surface area contributed by atoms with E-state index in [4.69, 9.17) is 0 Å². The molecule has 1 unspecified atom stereocenters. The van der Waals surface area contributed by atoms with Gasteiger partial charge in [-0.2, -0.15) is 0 Å². The predicted octanol–water partition coefficient (Wildman–Crippen LogP) is 5.44. The lowest BCUT2D eigenvalue weighted by Crippen LogP contribution is -2.29. The van der Waals surface area contributed by atoms with Crippen LogP contribution in [0.3, 0.4) is 0 Å². The molecule has 5 nitrogen and oxygen atoms in total. The Bertz CT molecular complexity index is 1200. The number of aryl methyl sites for hydroxylation is 1. The van der Waals surface area contributed by atoms with Gasteiger partial charge < -0.3 is 10.6 Å². The Balaban J connectivity index is 1.47. The molecule has 4 aromatic rings. The number of nitrogens with one attached hydrogen (secondary N) is 2. The number of anilines is 1. The summed E-state index contributed by atoms with van der Waals surface area (Å²) in [6.07, 6.45) is 4.74. The summed E-state index contributed by atoms with van der Waals surface area (Å²) < 4.78 is 0. The first-order valence-electron chi connectivity index (χ1n) is 10.9. The fourth-order valence-electron chi connectivity index (χ4n) is 3.64. The zero-order chi connectivity index (χ0) is 22.9. The molecule has 2 N–H and O–H groups in total. The van der Waals surface area contributed by atoms with Crippen LogP contribution in [0.25, 0.3) is 0 Å². The standard InChI is InChI=1S/C28H25N3O2/c32-27(23-13-7-15-25(19-23)30-28(33)24-14-8-18-29-20-24)31-26(22-11-5-2-6-12-22)17-16-21-9-3-1-4-10-21/h1-15,18-20,26H,16-17H2,(H,30,33)(H,31,32). The number of carbonyl (C=O) groups is 2. The van der Waals surface area contributed by atoms with Gasteiger partial charge in [-0.05, 0) is 54.3 Å². The van der Waals surface area contributed by atoms with Gasteiger partial charge in [-0.3, -0.25) is 14.6 Å². The van der Waals surface area contributed by atoms with Gasteiger partial charge in [-0.25, -0.2) is 0 Å². The van der Waals surface area contributed by atoms with E-state index in [9.17, 15) is 9.59 Å². The van der Waals surface area contributed by atoms with Crippen LogP contribution in [0.15, 0.2) is 109 Å². The highest BCUT2D eigenvalue weighted by Gasteiger charge is 2.16. The minimum atomic E-state index is -0.273. The van der Waals surface area contributed by atoms with Crippen LogP contribution in [-0.2, 0) is 6.42 Å². The van der Waals surface area contributed by atoms with Crippen molar-refractivity contribution in [1.29, 1.82) is 0 Å². The zero-order valence-corrected chi connectivity index (χ0v) is 18.1. The molecule has 1 aromatic heterocycles. The Labute approximate surface area is 193 Å². The Hall–Kier alpha value is -4.25. The molecule has 0 spiro atoms. The maximum Gasteiger partial charge on any atom is 0.257 e. The average Bonchev–Trinajstić information content (AvgIpc) is 2.88. The molecule has 0 aliphatic carbocycles. The number of hydrogen-bond acceptors (Lipinski definition) is 3. The first-order chi connectivity index (χ1) is 16.2. The van der Waals surface area contributed by atoms with Gasteiger partial charge in [-0.15, -0.1) is 0 Å². The molecule has 0 saturated heterocycles. The van der Waals surface area contributed by atoms with Crippen molar-refractivity contribution < 1.29 is 9.59 Å². The first-order valence-corrected chi connectivity index (χ1v) is 10.9. The average molecular weight is 436 g/mol. The molecule has 5 heteroatoms. The van der Waals surface area contributed by atoms with Crippen LogP contribution in [0, 0.1) is 0 Å². The molecule has 164 valence electrons. The number of rotatable bonds is 8. The van der Waals surface area contributed by atoms with Gasteiger partial charge in [-0.1, -0.05) is 66.7 Å². The lowest BCUT2D eigenvalue weighted by molar-refractivity contribution is 0.0933. The fraction of sp³-hybridized carbons (Fsp3) is 0.107. The lowest BCUT2D eigenvalue weighted by atomic mass is 9.98. The maximum atomic E-state index is 13.1. The highest BCUT2D eigenvalue weighted by Crippen LogP contribution is 2.21. The number of aromatic nitrogens is 1. The number of pyridine rings is 1. The third-order valence-corrected chi connectivity index (χ3v) is 5.38. The highest BCUT2D eigenvalue weighted by molar-refractivity contribution is 6.05. The quantitative estimate of drug-likeness (QED) is 0.387. The van der Waals surface area contributed by atoms with Crippen molar-refractivity contribution in [3.63, 3.8) is 0 Å². The smallest absolute Gasteiger partial charge is 0.257 e. The van der Waals surface area contributed by atoms with E-state index in [0.29, 0.717) is 16.8 Å². The van der Waals surface area contributed by atoms with Crippen molar-refractivity contribution in [3.8, 4) is 0 Å². The van der Waals surface area contributed by atoms with Crippen LogP contribution in [-0.4, -0.2) is 16.8 Å². The van der Waals surface area contributed by atoms with E-state index < -0.39 is 0 Å². The van der Waals surface area contributed by atoms with Gasteiger partial charge in [0.15, 0.2) is 0 Å². The largest absolute Gasteiger partial charge is 0.345 e. The monoisotopic (exact) mass is 435 g/mol. The third kappa shape index (κ3) is 6.14. The summed E-state index contributed by atoms with van der Waals surface area (Å²) in [5.74, 6) is -0.458. The molecule has 1 atom stereocenters. The van der Waals surface area contributed by atoms with Gasteiger partial charge in [0.25, 0.3) is 11.8 Å². The molecule has 0 radical (unpaired) electrons. The predicted molar refractivity (Wildman–Crippen MR) is 130 cm³/mol. The van der Waals surface area contributed by atoms with Gasteiger partial charge in [0.1, 0.15) is 0 Å². The Morgan fingerprint density at radius 3 is 2.21 bits per heavy atom. The normalized spacial score (nSPS) is 11.4. The van der Waals surface area contributed by atoms with Gasteiger partial charge >= 0.3 is 0 Å². The van der Waals surface area contributed by atoms with E-state index >= 15 is 0 Å². The SMILES string of the molecule is O=C(Nc1cccc(C(=O)NC(CCc2ccccc2)c2ccccc2)c1)c1cccnc1. The van der Waals surface area contributed by atoms with Crippen LogP contribution in [0.2, 0.25) is 0 Å². The molecule has 1 heterocycles. The number of amides is 2. The summed E-state index contributed by atoms with van der Waals surface area (Å²) in [5.41, 5.74) is 3.78. The number of nitrogens with zero attached hydrogens (tertiary/aromatic N) is 1. The van der Waals surface area contributed by atoms with Crippen molar-refractivity contribution in [1.82, 2.24) is 10.3 Å². The lowest BCUT2D eigenvalue weighted by Gasteiger charge is -2.20. The molecular formula is C28H25N3O2. The summed E-state index contributed by atoms with van der Waals surface area (Å²) in [6, 6.07) is 30.4. The third-order valence-electron chi connectivity index (χ3n) is 5.38. The summed E-state index contributed by atoms with van der Waals surface area (Å²) in [5, 5.41) is 6.00. The molecule has 4 rings (SSSR count). The van der Waals surface area contributed by atoms with Crippen LogP contribution in [0.4, 0.5) is 5.69 Å². The molecule has 0 fully saturated rings. The van der Waals surface area contributed by atoms with Crippen LogP contribution >= 0.6 is 0 Å². The molecule has 3 aromatic carbocycles. The van der Waals surface area contributed by atoms with Crippen molar-refractivity contribution in [2.24, 2.45) is 0 Å². The van der Waals surface area contributed by atoms with E-state index in [1.54, 1.807) is 42.6 Å². The second-order valence-corrected chi connectivity index (χ2v) is 7.74. The summed E-state index contributed by atoms with van der Waals surface area (Å²) >= 11 is 0. The maximum absolute atomic E-state index is 13.1. The summed E-state index contributed by atoms with van der Waals surface area (Å²) in [4.78, 5) is 29.5. The van der Waals surface area contributed by atoms with Crippen molar-refractivity contribution in [2.75, 3.05) is 5.32 Å². The van der Waals surface area contributed by atoms with Gasteiger partial charge in [0.05, 0.1) is 11.6 Å². The zero-order valence-electron chi connectivity index (χ0n) is 18.1. The van der Waals surface area contributed by atoms with Crippen molar-refractivity contribution >= 4 is 17.5 Å². The molecule has 0 bridgehead atoms. The van der Waals surface area contributed by atoms with E-state index in [-0.39, 0.29) is 17.9 Å². The number of hydrogen-bond donors (Lipinski definition) is 2. The Morgan fingerprint density at radius 2 is 1.48 bits per heavy atom.